The van der Waals surface area contributed by atoms with Crippen LogP contribution in [-0.2, 0) is 13.1 Å². The van der Waals surface area contributed by atoms with Crippen molar-refractivity contribution in [2.45, 2.75) is 38.2 Å². The highest BCUT2D eigenvalue weighted by molar-refractivity contribution is 5.86. The quantitative estimate of drug-likeness (QED) is 0.665. The molecule has 1 fully saturated rings. The molecule has 0 unspecified atom stereocenters. The third-order valence-corrected chi connectivity index (χ3v) is 4.79. The number of oxazole rings is 1. The molecule has 0 N–H and O–H groups in total. The highest BCUT2D eigenvalue weighted by atomic mass is 19.4. The van der Waals surface area contributed by atoms with Crippen LogP contribution in [0, 0.1) is 0 Å². The van der Waals surface area contributed by atoms with E-state index >= 15 is 0 Å². The Morgan fingerprint density at radius 1 is 1.19 bits per heavy atom. The number of hydrogen-bond acceptors (Lipinski definition) is 4. The van der Waals surface area contributed by atoms with E-state index in [9.17, 15) is 13.2 Å². The van der Waals surface area contributed by atoms with Gasteiger partial charge in [-0.2, -0.15) is 13.2 Å². The Labute approximate surface area is 154 Å². The van der Waals surface area contributed by atoms with E-state index in [2.05, 4.69) is 9.88 Å². The maximum atomic E-state index is 12.7. The minimum Gasteiger partial charge on any atom is -0.490 e. The summed E-state index contributed by atoms with van der Waals surface area (Å²) in [7, 11) is 0. The first-order chi connectivity index (χ1) is 13.0. The lowest BCUT2D eigenvalue weighted by Crippen LogP contribution is -2.37. The fourth-order valence-electron chi connectivity index (χ4n) is 3.52. The summed E-state index contributed by atoms with van der Waals surface area (Å²) in [5.74, 6) is 1.34. The monoisotopic (exact) mass is 379 g/mol. The van der Waals surface area contributed by atoms with Crippen LogP contribution in [0.5, 0.6) is 5.75 Å². The number of hydrogen-bond donors (Lipinski definition) is 0. The van der Waals surface area contributed by atoms with Gasteiger partial charge in [-0.05, 0) is 31.0 Å². The molecule has 1 aromatic carbocycles. The Kier molecular flexibility index (Phi) is 4.82. The van der Waals surface area contributed by atoms with Gasteiger partial charge in [-0.1, -0.05) is 6.07 Å². The van der Waals surface area contributed by atoms with Crippen LogP contribution in [0.15, 0.2) is 47.3 Å². The van der Waals surface area contributed by atoms with Gasteiger partial charge in [0.2, 0.25) is 5.89 Å². The predicted octanol–water partition coefficient (Wildman–Crippen LogP) is 4.24. The molecule has 3 heterocycles. The molecule has 4 rings (SSSR count). The smallest absolute Gasteiger partial charge is 0.406 e. The van der Waals surface area contributed by atoms with E-state index in [1.54, 1.807) is 30.7 Å². The van der Waals surface area contributed by atoms with Crippen molar-refractivity contribution in [3.63, 3.8) is 0 Å². The number of rotatable bonds is 5. The third kappa shape index (κ3) is 4.27. The zero-order valence-corrected chi connectivity index (χ0v) is 14.7. The van der Waals surface area contributed by atoms with Crippen molar-refractivity contribution in [2.24, 2.45) is 0 Å². The fourth-order valence-corrected chi connectivity index (χ4v) is 3.52. The predicted molar refractivity (Wildman–Crippen MR) is 93.4 cm³/mol. The van der Waals surface area contributed by atoms with E-state index in [1.165, 1.54) is 10.8 Å². The molecule has 0 bridgehead atoms. The first-order valence-corrected chi connectivity index (χ1v) is 8.90. The zero-order valence-electron chi connectivity index (χ0n) is 14.7. The van der Waals surface area contributed by atoms with Crippen LogP contribution in [0.25, 0.3) is 10.9 Å². The molecule has 0 atom stereocenters. The van der Waals surface area contributed by atoms with E-state index in [-0.39, 0.29) is 6.10 Å². The number of halogens is 3. The standard InChI is InChI=1S/C19H20F3N3O2/c20-19(21,22)13-25-10-6-15-16(25)2-1-3-17(15)27-14-4-8-24(9-5-14)12-18-23-7-11-26-18/h1-3,6-7,10-11,14H,4-5,8-9,12-13H2. The summed E-state index contributed by atoms with van der Waals surface area (Å²) in [5, 5.41) is 0.712. The zero-order chi connectivity index (χ0) is 18.9. The van der Waals surface area contributed by atoms with Gasteiger partial charge in [-0.3, -0.25) is 4.90 Å². The minimum absolute atomic E-state index is 0.0439. The molecular weight excluding hydrogens is 359 g/mol. The summed E-state index contributed by atoms with van der Waals surface area (Å²) in [6.45, 7) is 1.39. The number of fused-ring (bicyclic) bond motifs is 1. The Bertz CT molecular complexity index is 881. The molecule has 3 aromatic rings. The maximum absolute atomic E-state index is 12.7. The van der Waals surface area contributed by atoms with E-state index in [4.69, 9.17) is 9.15 Å². The number of benzene rings is 1. The molecule has 144 valence electrons. The van der Waals surface area contributed by atoms with Crippen molar-refractivity contribution in [1.82, 2.24) is 14.5 Å². The molecule has 0 radical (unpaired) electrons. The van der Waals surface area contributed by atoms with Gasteiger partial charge in [-0.25, -0.2) is 4.98 Å². The van der Waals surface area contributed by atoms with Crippen LogP contribution in [0.3, 0.4) is 0 Å². The number of alkyl halides is 3. The lowest BCUT2D eigenvalue weighted by atomic mass is 10.1. The van der Waals surface area contributed by atoms with Crippen molar-refractivity contribution in [1.29, 1.82) is 0 Å². The summed E-state index contributed by atoms with van der Waals surface area (Å²) in [6.07, 6.45) is 2.15. The lowest BCUT2D eigenvalue weighted by Gasteiger charge is -2.31. The van der Waals surface area contributed by atoms with Gasteiger partial charge >= 0.3 is 6.18 Å². The van der Waals surface area contributed by atoms with Gasteiger partial charge < -0.3 is 13.7 Å². The van der Waals surface area contributed by atoms with E-state index in [0.29, 0.717) is 29.1 Å². The Morgan fingerprint density at radius 2 is 2.00 bits per heavy atom. The van der Waals surface area contributed by atoms with Gasteiger partial charge in [-0.15, -0.1) is 0 Å². The first kappa shape index (κ1) is 17.9. The average Bonchev–Trinajstić information content (AvgIpc) is 3.26. The molecule has 27 heavy (non-hydrogen) atoms. The first-order valence-electron chi connectivity index (χ1n) is 8.90. The summed E-state index contributed by atoms with van der Waals surface area (Å²) in [6, 6.07) is 6.93. The van der Waals surface area contributed by atoms with Crippen molar-refractivity contribution in [2.75, 3.05) is 13.1 Å². The third-order valence-electron chi connectivity index (χ3n) is 4.79. The second-order valence-corrected chi connectivity index (χ2v) is 6.77. The fraction of sp³-hybridized carbons (Fsp3) is 0.421. The SMILES string of the molecule is FC(F)(F)Cn1ccc2c(OC3CCN(Cc4ncco4)CC3)cccc21. The number of nitrogens with zero attached hydrogens (tertiary/aromatic N) is 3. The number of ether oxygens (including phenoxy) is 1. The van der Waals surface area contributed by atoms with E-state index in [1.807, 2.05) is 6.07 Å². The van der Waals surface area contributed by atoms with E-state index in [0.717, 1.165) is 25.9 Å². The lowest BCUT2D eigenvalue weighted by molar-refractivity contribution is -0.139. The van der Waals surface area contributed by atoms with Crippen LogP contribution >= 0.6 is 0 Å². The van der Waals surface area contributed by atoms with Gasteiger partial charge in [0.1, 0.15) is 24.7 Å². The van der Waals surface area contributed by atoms with Crippen molar-refractivity contribution in [3.8, 4) is 5.75 Å². The Hall–Kier alpha value is -2.48. The van der Waals surface area contributed by atoms with Crippen LogP contribution < -0.4 is 4.74 Å². The molecule has 1 aliphatic rings. The van der Waals surface area contributed by atoms with Crippen LogP contribution in [0.1, 0.15) is 18.7 Å². The molecule has 0 saturated carbocycles. The highest BCUT2D eigenvalue weighted by Crippen LogP contribution is 2.31. The summed E-state index contributed by atoms with van der Waals surface area (Å²) in [4.78, 5) is 6.39. The normalized spacial score (nSPS) is 16.9. The molecule has 0 aliphatic carbocycles. The minimum atomic E-state index is -4.25. The van der Waals surface area contributed by atoms with Crippen LogP contribution in [0.4, 0.5) is 13.2 Å². The second-order valence-electron chi connectivity index (χ2n) is 6.77. The molecule has 5 nitrogen and oxygen atoms in total. The van der Waals surface area contributed by atoms with Crippen molar-refractivity contribution >= 4 is 10.9 Å². The van der Waals surface area contributed by atoms with Crippen LogP contribution in [-0.4, -0.2) is 39.8 Å². The average molecular weight is 379 g/mol. The molecule has 0 amide bonds. The number of likely N-dealkylation sites (tertiary alicyclic amines) is 1. The summed E-state index contributed by atoms with van der Waals surface area (Å²) >= 11 is 0. The number of aromatic nitrogens is 2. The van der Waals surface area contributed by atoms with Gasteiger partial charge in [0.05, 0.1) is 18.3 Å². The van der Waals surface area contributed by atoms with Crippen molar-refractivity contribution in [3.05, 3.63) is 48.8 Å². The summed E-state index contributed by atoms with van der Waals surface area (Å²) < 4.78 is 50.8. The highest BCUT2D eigenvalue weighted by Gasteiger charge is 2.28. The molecular formula is C19H20F3N3O2. The molecule has 1 aliphatic heterocycles. The number of piperidine rings is 1. The molecule has 8 heteroatoms. The van der Waals surface area contributed by atoms with Gasteiger partial charge in [0.15, 0.2) is 0 Å². The summed E-state index contributed by atoms with van der Waals surface area (Å²) in [5.41, 5.74) is 0.533. The molecule has 1 saturated heterocycles. The molecule has 0 spiro atoms. The molecule has 2 aromatic heterocycles. The Balaban J connectivity index is 1.41. The van der Waals surface area contributed by atoms with E-state index < -0.39 is 12.7 Å². The van der Waals surface area contributed by atoms with Crippen molar-refractivity contribution < 1.29 is 22.3 Å². The van der Waals surface area contributed by atoms with Gasteiger partial charge in [0, 0.05) is 24.7 Å². The topological polar surface area (TPSA) is 43.4 Å². The largest absolute Gasteiger partial charge is 0.490 e. The maximum Gasteiger partial charge on any atom is 0.406 e. The van der Waals surface area contributed by atoms with Crippen LogP contribution in [0.2, 0.25) is 0 Å². The van der Waals surface area contributed by atoms with Gasteiger partial charge in [0.25, 0.3) is 0 Å². The Morgan fingerprint density at radius 3 is 2.70 bits per heavy atom. The second kappa shape index (κ2) is 7.26.